The van der Waals surface area contributed by atoms with E-state index in [1.165, 1.54) is 0 Å². The molecule has 0 aliphatic heterocycles. The zero-order valence-electron chi connectivity index (χ0n) is 52.2. The first-order valence-electron chi connectivity index (χ1n) is 32.0. The molecule has 460 valence electrons. The molecule has 0 N–H and O–H groups in total. The summed E-state index contributed by atoms with van der Waals surface area (Å²) in [5.74, 6) is 2.82. The van der Waals surface area contributed by atoms with Gasteiger partial charge in [0.1, 0.15) is 11.0 Å². The van der Waals surface area contributed by atoms with Crippen LogP contribution in [0.15, 0.2) is 325 Å². The van der Waals surface area contributed by atoms with Crippen molar-refractivity contribution >= 4 is 65.8 Å². The maximum Gasteiger partial charge on any atom is 0.238 e. The summed E-state index contributed by atoms with van der Waals surface area (Å²) in [7, 11) is 0. The lowest BCUT2D eigenvalue weighted by molar-refractivity contribution is 0.622. The molecule has 19 aromatic rings. The number of aromatic nitrogens is 12. The summed E-state index contributed by atoms with van der Waals surface area (Å²) in [6.45, 7) is 0. The Labute approximate surface area is 560 Å². The first-order chi connectivity index (χ1) is 48.6. The smallest absolute Gasteiger partial charge is 0.238 e. The first-order valence-corrected chi connectivity index (χ1v) is 32.0. The van der Waals surface area contributed by atoms with Crippen molar-refractivity contribution in [2.24, 2.45) is 0 Å². The van der Waals surface area contributed by atoms with Crippen LogP contribution in [0.1, 0.15) is 0 Å². The molecule has 0 saturated carbocycles. The predicted octanol–water partition coefficient (Wildman–Crippen LogP) is 20.0. The number of rotatable bonds is 11. The summed E-state index contributed by atoms with van der Waals surface area (Å²) < 4.78 is 17.4. The summed E-state index contributed by atoms with van der Waals surface area (Å²) in [6, 6.07) is 90.7. The van der Waals surface area contributed by atoms with Gasteiger partial charge in [0.15, 0.2) is 22.8 Å². The number of oxazole rings is 2. The van der Waals surface area contributed by atoms with Gasteiger partial charge < -0.3 is 13.4 Å². The summed E-state index contributed by atoms with van der Waals surface area (Å²) >= 11 is 0. The summed E-state index contributed by atoms with van der Waals surface area (Å²) in [5.41, 5.74) is 22.2. The van der Waals surface area contributed by atoms with Crippen molar-refractivity contribution in [3.63, 3.8) is 0 Å². The van der Waals surface area contributed by atoms with Gasteiger partial charge in [-0.15, -0.1) is 0 Å². The Bertz CT molecular complexity index is 6140. The molecule has 0 radical (unpaired) electrons. The molecule has 0 bridgehead atoms. The van der Waals surface area contributed by atoms with E-state index in [0.717, 1.165) is 150 Å². The lowest BCUT2D eigenvalue weighted by atomic mass is 9.98. The van der Waals surface area contributed by atoms with Crippen LogP contribution in [0.3, 0.4) is 0 Å². The number of fused-ring (bicyclic) bond motifs is 10. The Balaban J connectivity index is 0.000000143. The number of para-hydroxylation sites is 2. The van der Waals surface area contributed by atoms with E-state index in [4.69, 9.17) is 38.7 Å². The molecule has 14 nitrogen and oxygen atoms in total. The van der Waals surface area contributed by atoms with E-state index in [9.17, 15) is 0 Å². The van der Waals surface area contributed by atoms with E-state index in [1.807, 2.05) is 164 Å². The normalized spacial score (nSPS) is 11.5. The quantitative estimate of drug-likeness (QED) is 0.120. The molecular weight excluding hydrogens is 1210 g/mol. The van der Waals surface area contributed by atoms with Crippen LogP contribution in [0.5, 0.6) is 0 Å². The topological polar surface area (TPSA) is 165 Å². The minimum absolute atomic E-state index is 0.503. The number of nitrogens with zero attached hydrogens (tertiary/aromatic N) is 12. The highest BCUT2D eigenvalue weighted by molar-refractivity contribution is 6.20. The third-order valence-electron chi connectivity index (χ3n) is 17.8. The molecule has 0 amide bonds. The van der Waals surface area contributed by atoms with Crippen LogP contribution in [0.2, 0.25) is 0 Å². The van der Waals surface area contributed by atoms with Crippen LogP contribution in [0.25, 0.3) is 179 Å². The lowest BCUT2D eigenvalue weighted by Gasteiger charge is -2.13. The van der Waals surface area contributed by atoms with E-state index < -0.39 is 0 Å². The highest BCUT2D eigenvalue weighted by atomic mass is 16.4. The second kappa shape index (κ2) is 24.3. The van der Waals surface area contributed by atoms with Crippen LogP contribution in [0, 0.1) is 0 Å². The number of benzene rings is 9. The molecule has 98 heavy (non-hydrogen) atoms. The van der Waals surface area contributed by atoms with E-state index in [-0.39, 0.29) is 0 Å². The minimum atomic E-state index is 0.503. The SMILES string of the molecule is c1ccc(-c2nc3ccc4c(c5ccccc5n4-c4cccc(-c5cc(-c6ccc(-c7ccncc7)cc6)cc(-c6ccncc6)n5)c4)c3o2)cc1.c1ccc(-c2nc3ccc4c(c5ccccc5n4-c4nc(-c5ccncc5)nc(-c5ccc(-c6ccncc6)cc5)n4)c3o2)cc1. The fourth-order valence-corrected chi connectivity index (χ4v) is 13.1. The van der Waals surface area contributed by atoms with Gasteiger partial charge >= 0.3 is 0 Å². The van der Waals surface area contributed by atoms with E-state index in [1.54, 1.807) is 24.8 Å². The van der Waals surface area contributed by atoms with E-state index in [0.29, 0.717) is 29.4 Å². The molecule has 9 aromatic carbocycles. The molecule has 0 aliphatic rings. The standard InChI is InChI=1S/C46H29N5O.C38H23N7O/c1-2-7-34(8-3-1)46-50-39-17-18-43-44(45(39)52-46)38-11-4-5-12-42(38)51(43)37-10-6-9-35(27-37)41-29-36(28-40(49-41)33-21-25-48-26-22-33)31-15-13-30(14-16-31)32-19-23-47-24-20-32;1-2-6-28(7-3-1)37-41-30-14-15-32-33(34(30)46-37)29-8-4-5-9-31(29)45(32)38-43-35(42-36(44-38)27-18-22-40-23-19-27)26-12-10-24(11-13-26)25-16-20-39-21-17-25/h1-29H;1-23H. The number of hydrogen-bond donors (Lipinski definition) is 0. The zero-order valence-corrected chi connectivity index (χ0v) is 52.2. The van der Waals surface area contributed by atoms with Crippen molar-refractivity contribution in [2.45, 2.75) is 0 Å². The van der Waals surface area contributed by atoms with Gasteiger partial charge in [-0.25, -0.2) is 19.9 Å². The van der Waals surface area contributed by atoms with Gasteiger partial charge in [-0.1, -0.05) is 133 Å². The third kappa shape index (κ3) is 10.4. The van der Waals surface area contributed by atoms with Crippen LogP contribution in [-0.2, 0) is 0 Å². The lowest BCUT2D eigenvalue weighted by Crippen LogP contribution is -2.06. The second-order valence-electron chi connectivity index (χ2n) is 23.6. The maximum absolute atomic E-state index is 6.52. The summed E-state index contributed by atoms with van der Waals surface area (Å²) in [4.78, 5) is 46.7. The maximum atomic E-state index is 6.52. The first kappa shape index (κ1) is 57.0. The average molecular weight is 1260 g/mol. The van der Waals surface area contributed by atoms with Crippen LogP contribution < -0.4 is 0 Å². The Morgan fingerprint density at radius 2 is 0.643 bits per heavy atom. The second-order valence-corrected chi connectivity index (χ2v) is 23.6. The monoisotopic (exact) mass is 1260 g/mol. The van der Waals surface area contributed by atoms with Gasteiger partial charge in [0, 0.05) is 99.4 Å². The predicted molar refractivity (Wildman–Crippen MR) is 388 cm³/mol. The van der Waals surface area contributed by atoms with E-state index >= 15 is 0 Å². The number of pyridine rings is 5. The van der Waals surface area contributed by atoms with Crippen LogP contribution in [0.4, 0.5) is 0 Å². The Hall–Kier alpha value is -13.7. The van der Waals surface area contributed by atoms with Crippen molar-refractivity contribution in [2.75, 3.05) is 0 Å². The van der Waals surface area contributed by atoms with Gasteiger partial charge in [-0.2, -0.15) is 9.97 Å². The Kier molecular flexibility index (Phi) is 14.1. The average Bonchev–Trinajstić information content (AvgIpc) is 1.57. The van der Waals surface area contributed by atoms with Crippen molar-refractivity contribution < 1.29 is 8.83 Å². The molecule has 10 heterocycles. The highest BCUT2D eigenvalue weighted by Gasteiger charge is 2.24. The molecular formula is C84H52N12O2. The van der Waals surface area contributed by atoms with Gasteiger partial charge in [-0.3, -0.25) is 24.5 Å². The molecule has 0 spiro atoms. The highest BCUT2D eigenvalue weighted by Crippen LogP contribution is 2.42. The van der Waals surface area contributed by atoms with E-state index in [2.05, 4.69) is 156 Å². The van der Waals surface area contributed by atoms with Gasteiger partial charge in [0.2, 0.25) is 17.7 Å². The fraction of sp³-hybridized carbons (Fsp3) is 0. The van der Waals surface area contributed by atoms with Crippen molar-refractivity contribution in [3.8, 4) is 113 Å². The number of hydrogen-bond acceptors (Lipinski definition) is 12. The third-order valence-corrected chi connectivity index (χ3v) is 17.8. The molecule has 10 aromatic heterocycles. The molecule has 0 atom stereocenters. The minimum Gasteiger partial charge on any atom is -0.435 e. The van der Waals surface area contributed by atoms with Crippen molar-refractivity contribution in [3.05, 3.63) is 316 Å². The van der Waals surface area contributed by atoms with Gasteiger partial charge in [-0.05, 0) is 167 Å². The van der Waals surface area contributed by atoms with Crippen molar-refractivity contribution in [1.29, 1.82) is 0 Å². The Morgan fingerprint density at radius 1 is 0.245 bits per heavy atom. The summed E-state index contributed by atoms with van der Waals surface area (Å²) in [5, 5.41) is 4.13. The molecule has 19 rings (SSSR count). The Morgan fingerprint density at radius 3 is 1.16 bits per heavy atom. The van der Waals surface area contributed by atoms with Crippen LogP contribution in [-0.4, -0.2) is 59.0 Å². The van der Waals surface area contributed by atoms with Gasteiger partial charge in [0.25, 0.3) is 0 Å². The van der Waals surface area contributed by atoms with Crippen molar-refractivity contribution in [1.82, 2.24) is 59.0 Å². The molecule has 14 heteroatoms. The molecule has 0 unspecified atom stereocenters. The molecule has 0 fully saturated rings. The van der Waals surface area contributed by atoms with Gasteiger partial charge in [0.05, 0.1) is 44.2 Å². The fourth-order valence-electron chi connectivity index (χ4n) is 13.1. The zero-order chi connectivity index (χ0) is 64.9. The molecule has 0 aliphatic carbocycles. The van der Waals surface area contributed by atoms with Crippen LogP contribution >= 0.6 is 0 Å². The summed E-state index contributed by atoms with van der Waals surface area (Å²) in [6.07, 6.45) is 14.3. The molecule has 0 saturated heterocycles. The largest absolute Gasteiger partial charge is 0.435 e.